The van der Waals surface area contributed by atoms with Gasteiger partial charge in [-0.25, -0.2) is 16.8 Å². The first-order valence-electron chi connectivity index (χ1n) is 3.53. The van der Waals surface area contributed by atoms with Gasteiger partial charge in [-0.15, -0.1) is 0 Å². The van der Waals surface area contributed by atoms with Crippen LogP contribution >= 0.6 is 56.2 Å². The Balaban J connectivity index is 3.88. The number of halogens is 5. The largest absolute Gasteiger partial charge is 0.262 e. The van der Waals surface area contributed by atoms with Gasteiger partial charge in [0.1, 0.15) is 9.79 Å². The first kappa shape index (κ1) is 15.6. The van der Waals surface area contributed by atoms with Crippen molar-refractivity contribution in [1.82, 2.24) is 0 Å². The van der Waals surface area contributed by atoms with Crippen LogP contribution in [-0.2, 0) is 18.1 Å². The van der Waals surface area contributed by atoms with Crippen molar-refractivity contribution >= 4 is 74.3 Å². The van der Waals surface area contributed by atoms with E-state index < -0.39 is 43.0 Å². The summed E-state index contributed by atoms with van der Waals surface area (Å²) < 4.78 is 44.6. The SMILES string of the molecule is O=S(=O)(Cl)c1cc(S(=O)(=O)Cl)c(Cl)c(Cl)c1Cl. The summed E-state index contributed by atoms with van der Waals surface area (Å²) in [5, 5.41) is -1.42. The number of hydrogen-bond donors (Lipinski definition) is 0. The predicted molar refractivity (Wildman–Crippen MR) is 67.5 cm³/mol. The summed E-state index contributed by atoms with van der Waals surface area (Å²) in [5.74, 6) is 0. The van der Waals surface area contributed by atoms with Crippen molar-refractivity contribution in [3.63, 3.8) is 0 Å². The Morgan fingerprint density at radius 2 is 1.00 bits per heavy atom. The molecule has 11 heteroatoms. The maximum absolute atomic E-state index is 11.1. The highest BCUT2D eigenvalue weighted by Crippen LogP contribution is 2.41. The van der Waals surface area contributed by atoms with Crippen molar-refractivity contribution in [3.8, 4) is 0 Å². The Labute approximate surface area is 121 Å². The first-order chi connectivity index (χ1) is 7.46. The number of hydrogen-bond acceptors (Lipinski definition) is 4. The molecule has 0 atom stereocenters. The third kappa shape index (κ3) is 3.32. The van der Waals surface area contributed by atoms with E-state index >= 15 is 0 Å². The summed E-state index contributed by atoms with van der Waals surface area (Å²) in [5.41, 5.74) is 0. The van der Waals surface area contributed by atoms with E-state index in [1.807, 2.05) is 0 Å². The molecule has 1 aromatic carbocycles. The number of benzene rings is 1. The van der Waals surface area contributed by atoms with Gasteiger partial charge in [0.25, 0.3) is 18.1 Å². The molecule has 0 unspecified atom stereocenters. The molecule has 0 radical (unpaired) electrons. The van der Waals surface area contributed by atoms with E-state index in [0.29, 0.717) is 6.07 Å². The molecule has 0 saturated heterocycles. The van der Waals surface area contributed by atoms with Gasteiger partial charge in [-0.1, -0.05) is 34.8 Å². The van der Waals surface area contributed by atoms with Crippen molar-refractivity contribution in [2.75, 3.05) is 0 Å². The lowest BCUT2D eigenvalue weighted by atomic mass is 10.3. The topological polar surface area (TPSA) is 68.3 Å². The van der Waals surface area contributed by atoms with Crippen LogP contribution in [-0.4, -0.2) is 16.8 Å². The molecule has 0 fully saturated rings. The molecule has 0 N–H and O–H groups in total. The molecule has 96 valence electrons. The minimum absolute atomic E-state index is 0.464. The van der Waals surface area contributed by atoms with E-state index in [1.54, 1.807) is 0 Å². The van der Waals surface area contributed by atoms with Crippen LogP contribution in [0.2, 0.25) is 15.1 Å². The van der Waals surface area contributed by atoms with E-state index in [2.05, 4.69) is 0 Å². The second-order valence-electron chi connectivity index (χ2n) is 2.69. The first-order valence-corrected chi connectivity index (χ1v) is 9.28. The fourth-order valence-corrected chi connectivity index (χ4v) is 4.38. The zero-order valence-corrected chi connectivity index (χ0v) is 12.8. The third-order valence-electron chi connectivity index (χ3n) is 1.61. The van der Waals surface area contributed by atoms with E-state index in [-0.39, 0.29) is 0 Å². The van der Waals surface area contributed by atoms with Crippen molar-refractivity contribution in [2.24, 2.45) is 0 Å². The van der Waals surface area contributed by atoms with Crippen molar-refractivity contribution in [2.45, 2.75) is 9.79 Å². The van der Waals surface area contributed by atoms with Gasteiger partial charge < -0.3 is 0 Å². The fraction of sp³-hybridized carbons (Fsp3) is 0. The van der Waals surface area contributed by atoms with Crippen molar-refractivity contribution in [1.29, 1.82) is 0 Å². The van der Waals surface area contributed by atoms with E-state index in [4.69, 9.17) is 56.2 Å². The van der Waals surface area contributed by atoms with Crippen LogP contribution in [0.5, 0.6) is 0 Å². The molecule has 0 aliphatic heterocycles. The quantitative estimate of drug-likeness (QED) is 0.583. The maximum atomic E-state index is 11.1. The van der Waals surface area contributed by atoms with Gasteiger partial charge in [0.2, 0.25) is 0 Å². The Hall–Kier alpha value is 0.570. The van der Waals surface area contributed by atoms with Gasteiger partial charge >= 0.3 is 0 Å². The molecule has 1 aromatic rings. The minimum Gasteiger partial charge on any atom is -0.207 e. The lowest BCUT2D eigenvalue weighted by Gasteiger charge is -2.08. The van der Waals surface area contributed by atoms with Gasteiger partial charge in [-0.3, -0.25) is 0 Å². The molecule has 0 amide bonds. The zero-order chi connectivity index (χ0) is 13.6. The predicted octanol–water partition coefficient (Wildman–Crippen LogP) is 3.50. The summed E-state index contributed by atoms with van der Waals surface area (Å²) in [6, 6.07) is 0.640. The molecule has 0 spiro atoms. The van der Waals surface area contributed by atoms with Crippen LogP contribution in [0.25, 0.3) is 0 Å². The summed E-state index contributed by atoms with van der Waals surface area (Å²) >= 11 is 16.8. The Morgan fingerprint density at radius 1 is 0.706 bits per heavy atom. The minimum atomic E-state index is -4.28. The van der Waals surface area contributed by atoms with Crippen molar-refractivity contribution < 1.29 is 16.8 Å². The average Bonchev–Trinajstić information content (AvgIpc) is 2.10. The second kappa shape index (κ2) is 4.92. The molecule has 0 aliphatic rings. The summed E-state index contributed by atoms with van der Waals surface area (Å²) in [6.07, 6.45) is 0. The molecule has 4 nitrogen and oxygen atoms in total. The zero-order valence-electron chi connectivity index (χ0n) is 7.42. The second-order valence-corrected chi connectivity index (χ2v) is 8.89. The maximum Gasteiger partial charge on any atom is 0.262 e. The summed E-state index contributed by atoms with van der Waals surface area (Å²) in [4.78, 5) is -1.37. The van der Waals surface area contributed by atoms with Gasteiger partial charge in [0.15, 0.2) is 0 Å². The molecule has 17 heavy (non-hydrogen) atoms. The normalized spacial score (nSPS) is 12.8. The average molecular weight is 378 g/mol. The third-order valence-corrected chi connectivity index (χ3v) is 5.88. The highest BCUT2D eigenvalue weighted by Gasteiger charge is 2.26. The summed E-state index contributed by atoms with van der Waals surface area (Å²) in [6.45, 7) is 0. The Morgan fingerprint density at radius 3 is 1.24 bits per heavy atom. The van der Waals surface area contributed by atoms with Crippen LogP contribution in [0, 0.1) is 0 Å². The highest BCUT2D eigenvalue weighted by atomic mass is 35.7. The standard InChI is InChI=1S/C6HCl5O4S2/c7-4-2(16(10,12)13)1-3(17(11,14)15)5(8)6(4)9/h1H. The molecule has 0 aliphatic carbocycles. The van der Waals surface area contributed by atoms with Crippen LogP contribution in [0.1, 0.15) is 0 Å². The lowest BCUT2D eigenvalue weighted by Crippen LogP contribution is -1.99. The van der Waals surface area contributed by atoms with Crippen LogP contribution in [0.15, 0.2) is 15.9 Å². The van der Waals surface area contributed by atoms with Gasteiger partial charge in [0.05, 0.1) is 15.1 Å². The van der Waals surface area contributed by atoms with Crippen molar-refractivity contribution in [3.05, 3.63) is 21.1 Å². The Bertz CT molecular complexity index is 623. The van der Waals surface area contributed by atoms with Gasteiger partial charge in [0, 0.05) is 21.4 Å². The van der Waals surface area contributed by atoms with Gasteiger partial charge in [-0.05, 0) is 6.07 Å². The molecule has 0 aromatic heterocycles. The fourth-order valence-electron chi connectivity index (χ4n) is 0.913. The highest BCUT2D eigenvalue weighted by molar-refractivity contribution is 8.14. The molecular formula is C6HCl5O4S2. The van der Waals surface area contributed by atoms with Crippen LogP contribution < -0.4 is 0 Å². The van der Waals surface area contributed by atoms with Gasteiger partial charge in [-0.2, -0.15) is 0 Å². The molecule has 0 bridgehead atoms. The summed E-state index contributed by atoms with van der Waals surface area (Å²) in [7, 11) is 1.55. The monoisotopic (exact) mass is 376 g/mol. The van der Waals surface area contributed by atoms with E-state index in [9.17, 15) is 16.8 Å². The van der Waals surface area contributed by atoms with Crippen LogP contribution in [0.4, 0.5) is 0 Å². The van der Waals surface area contributed by atoms with E-state index in [1.165, 1.54) is 0 Å². The lowest BCUT2D eigenvalue weighted by molar-refractivity contribution is 0.608. The molecule has 0 heterocycles. The molecule has 0 saturated carbocycles. The Kier molecular flexibility index (Phi) is 4.52. The smallest absolute Gasteiger partial charge is 0.207 e. The van der Waals surface area contributed by atoms with Crippen LogP contribution in [0.3, 0.4) is 0 Å². The van der Waals surface area contributed by atoms with E-state index in [0.717, 1.165) is 0 Å². The number of rotatable bonds is 2. The molecule has 1 rings (SSSR count). The molecular weight excluding hydrogens is 377 g/mol.